The molecule has 19 nitrogen and oxygen atoms in total. The van der Waals surface area contributed by atoms with Crippen LogP contribution >= 0.6 is 0 Å². The summed E-state index contributed by atoms with van der Waals surface area (Å²) in [5.41, 5.74) is 0. The lowest BCUT2D eigenvalue weighted by Crippen LogP contribution is -2.66. The summed E-state index contributed by atoms with van der Waals surface area (Å²) in [6.07, 6.45) is 41.3. The highest BCUT2D eigenvalue weighted by atomic mass is 16.8. The summed E-state index contributed by atoms with van der Waals surface area (Å²) in [5.74, 6) is -0.282. The SMILES string of the molecule is CCCCCCCCCC/C=C\CCCCCCCCCCCCCC(=O)NC(COC1OC(CO)C(OC2OC(CO)C(OC3OC(CO)C(O)C(O)C3O)C(O)C2O)C(O)C1O)C(O)/C=C/CC/C=C/CCCCCCCCCCCCCCCCCCCCCC. The first-order valence-electron chi connectivity index (χ1n) is 38.2. The van der Waals surface area contributed by atoms with Gasteiger partial charge in [-0.1, -0.05) is 275 Å². The zero-order valence-electron chi connectivity index (χ0n) is 58.7. The molecule has 3 heterocycles. The van der Waals surface area contributed by atoms with E-state index in [2.05, 4.69) is 43.5 Å². The highest BCUT2D eigenvalue weighted by molar-refractivity contribution is 5.76. The number of rotatable bonds is 60. The average Bonchev–Trinajstić information content (AvgIpc) is 0.787. The molecular formula is C75H139NO18. The first-order chi connectivity index (χ1) is 45.8. The van der Waals surface area contributed by atoms with Crippen LogP contribution < -0.4 is 5.32 Å². The molecule has 1 amide bonds. The topological polar surface area (TPSA) is 307 Å². The van der Waals surface area contributed by atoms with E-state index in [0.29, 0.717) is 12.8 Å². The Morgan fingerprint density at radius 3 is 1.06 bits per heavy atom. The maximum Gasteiger partial charge on any atom is 0.220 e. The molecule has 3 rings (SSSR count). The minimum atomic E-state index is -1.98. The van der Waals surface area contributed by atoms with Crippen LogP contribution in [0.4, 0.5) is 0 Å². The molecule has 0 aliphatic carbocycles. The summed E-state index contributed by atoms with van der Waals surface area (Å²) < 4.78 is 34.4. The first kappa shape index (κ1) is 86.2. The van der Waals surface area contributed by atoms with Crippen LogP contribution in [0.15, 0.2) is 36.5 Å². The van der Waals surface area contributed by atoms with Crippen molar-refractivity contribution in [3.05, 3.63) is 36.5 Å². The fraction of sp³-hybridized carbons (Fsp3) is 0.907. The highest BCUT2D eigenvalue weighted by Gasteiger charge is 2.53. The van der Waals surface area contributed by atoms with Gasteiger partial charge >= 0.3 is 0 Å². The fourth-order valence-electron chi connectivity index (χ4n) is 13.0. The van der Waals surface area contributed by atoms with Gasteiger partial charge in [-0.15, -0.1) is 0 Å². The number of hydrogen-bond donors (Lipinski definition) is 12. The van der Waals surface area contributed by atoms with Crippen molar-refractivity contribution in [2.45, 2.75) is 407 Å². The van der Waals surface area contributed by atoms with Gasteiger partial charge in [-0.3, -0.25) is 4.79 Å². The quantitative estimate of drug-likeness (QED) is 0.0199. The van der Waals surface area contributed by atoms with E-state index in [-0.39, 0.29) is 18.9 Å². The van der Waals surface area contributed by atoms with Crippen LogP contribution in [0.3, 0.4) is 0 Å². The fourth-order valence-corrected chi connectivity index (χ4v) is 13.0. The van der Waals surface area contributed by atoms with E-state index in [0.717, 1.165) is 38.5 Å². The van der Waals surface area contributed by atoms with Crippen LogP contribution in [0, 0.1) is 0 Å². The number of allylic oxidation sites excluding steroid dienone is 5. The standard InChI is InChI=1S/C75H139NO18/c1-3-5-7-9-11-13-15-17-19-21-23-25-27-28-29-31-32-34-36-38-40-42-44-46-48-50-52-59(80)58(76-63(81)53-51-49-47-45-43-41-39-37-35-33-30-26-24-22-20-18-16-14-12-10-8-6-4-2)57-89-73-69(87)66(84)71(61(55-78)91-73)94-75-70(88)67(85)72(62(56-79)92-75)93-74-68(86)65(83)64(82)60(54-77)90-74/h22,24,42,44,50,52,58-62,64-75,77-80,82-88H,3-21,23,25-41,43,45-49,51,53-57H2,1-2H3,(H,76,81)/b24-22-,44-42+,52-50+. The Hall–Kier alpha value is -1.99. The molecule has 0 radical (unpaired) electrons. The van der Waals surface area contributed by atoms with E-state index in [1.807, 2.05) is 6.08 Å². The minimum absolute atomic E-state index is 0.236. The molecule has 3 fully saturated rings. The molecule has 0 aromatic heterocycles. The first-order valence-corrected chi connectivity index (χ1v) is 38.2. The number of carbonyl (C=O) groups is 1. The van der Waals surface area contributed by atoms with Gasteiger partial charge in [0.25, 0.3) is 0 Å². The summed E-state index contributed by atoms with van der Waals surface area (Å²) in [5, 5.41) is 121. The molecule has 0 aromatic rings. The summed E-state index contributed by atoms with van der Waals surface area (Å²) >= 11 is 0. The molecule has 0 aromatic carbocycles. The maximum absolute atomic E-state index is 13.4. The molecule has 94 heavy (non-hydrogen) atoms. The molecular weight excluding hydrogens is 1200 g/mol. The number of carbonyl (C=O) groups excluding carboxylic acids is 1. The van der Waals surface area contributed by atoms with Crippen LogP contribution in [-0.4, -0.2) is 193 Å². The molecule has 3 aliphatic heterocycles. The number of aliphatic hydroxyl groups excluding tert-OH is 11. The second kappa shape index (κ2) is 56.7. The third-order valence-corrected chi connectivity index (χ3v) is 19.2. The van der Waals surface area contributed by atoms with E-state index in [1.54, 1.807) is 6.08 Å². The lowest BCUT2D eigenvalue weighted by molar-refractivity contribution is -0.379. The van der Waals surface area contributed by atoms with Crippen molar-refractivity contribution in [2.24, 2.45) is 0 Å². The third-order valence-electron chi connectivity index (χ3n) is 19.2. The second-order valence-corrected chi connectivity index (χ2v) is 27.5. The monoisotopic (exact) mass is 1340 g/mol. The van der Waals surface area contributed by atoms with Gasteiger partial charge in [0.1, 0.15) is 73.2 Å². The number of ether oxygens (including phenoxy) is 6. The molecule has 0 saturated carbocycles. The molecule has 0 bridgehead atoms. The predicted molar refractivity (Wildman–Crippen MR) is 369 cm³/mol. The van der Waals surface area contributed by atoms with Gasteiger partial charge in [-0.25, -0.2) is 0 Å². The second-order valence-electron chi connectivity index (χ2n) is 27.5. The van der Waals surface area contributed by atoms with E-state index in [4.69, 9.17) is 28.4 Å². The molecule has 17 unspecified atom stereocenters. The van der Waals surface area contributed by atoms with Crippen molar-refractivity contribution in [3.8, 4) is 0 Å². The van der Waals surface area contributed by atoms with Gasteiger partial charge < -0.3 is 89.9 Å². The Kier molecular flexibility index (Phi) is 52.0. The zero-order valence-corrected chi connectivity index (χ0v) is 58.7. The molecule has 17 atom stereocenters. The molecule has 12 N–H and O–H groups in total. The van der Waals surface area contributed by atoms with Gasteiger partial charge in [-0.2, -0.15) is 0 Å². The Bertz CT molecular complexity index is 1840. The molecule has 0 spiro atoms. The Morgan fingerprint density at radius 1 is 0.372 bits per heavy atom. The number of unbranched alkanes of at least 4 members (excludes halogenated alkanes) is 40. The number of amides is 1. The summed E-state index contributed by atoms with van der Waals surface area (Å²) in [7, 11) is 0. The predicted octanol–water partition coefficient (Wildman–Crippen LogP) is 11.6. The molecule has 19 heteroatoms. The van der Waals surface area contributed by atoms with Gasteiger partial charge in [0.05, 0.1) is 38.6 Å². The van der Waals surface area contributed by atoms with Gasteiger partial charge in [0.2, 0.25) is 5.91 Å². The summed E-state index contributed by atoms with van der Waals surface area (Å²) in [6.45, 7) is 1.76. The molecule has 3 saturated heterocycles. The van der Waals surface area contributed by atoms with Gasteiger partial charge in [0.15, 0.2) is 18.9 Å². The lowest BCUT2D eigenvalue weighted by Gasteiger charge is -2.48. The minimum Gasteiger partial charge on any atom is -0.394 e. The van der Waals surface area contributed by atoms with Crippen molar-refractivity contribution in [1.29, 1.82) is 0 Å². The average molecular weight is 1340 g/mol. The number of nitrogens with one attached hydrogen (secondary N) is 1. The Balaban J connectivity index is 1.42. The van der Waals surface area contributed by atoms with Crippen molar-refractivity contribution in [2.75, 3.05) is 26.4 Å². The zero-order chi connectivity index (χ0) is 68.2. The van der Waals surface area contributed by atoms with Crippen LogP contribution in [0.1, 0.15) is 303 Å². The number of hydrogen-bond acceptors (Lipinski definition) is 18. The smallest absolute Gasteiger partial charge is 0.220 e. The van der Waals surface area contributed by atoms with Gasteiger partial charge in [-0.05, 0) is 57.8 Å². The highest BCUT2D eigenvalue weighted by Crippen LogP contribution is 2.33. The largest absolute Gasteiger partial charge is 0.394 e. The molecule has 552 valence electrons. The van der Waals surface area contributed by atoms with Crippen LogP contribution in [0.2, 0.25) is 0 Å². The Labute approximate surface area is 568 Å². The van der Waals surface area contributed by atoms with E-state index < -0.39 is 124 Å². The normalized spacial score (nSPS) is 27.5. The van der Waals surface area contributed by atoms with Crippen molar-refractivity contribution in [1.82, 2.24) is 5.32 Å². The number of aliphatic hydroxyl groups is 11. The van der Waals surface area contributed by atoms with Crippen molar-refractivity contribution in [3.63, 3.8) is 0 Å². The van der Waals surface area contributed by atoms with E-state index in [1.165, 1.54) is 231 Å². The van der Waals surface area contributed by atoms with E-state index >= 15 is 0 Å². The van der Waals surface area contributed by atoms with Gasteiger partial charge in [0, 0.05) is 6.42 Å². The van der Waals surface area contributed by atoms with Crippen LogP contribution in [0.5, 0.6) is 0 Å². The van der Waals surface area contributed by atoms with Crippen LogP contribution in [0.25, 0.3) is 0 Å². The summed E-state index contributed by atoms with van der Waals surface area (Å²) in [6, 6.07) is -0.991. The lowest BCUT2D eigenvalue weighted by atomic mass is 9.96. The van der Waals surface area contributed by atoms with Crippen LogP contribution in [-0.2, 0) is 33.2 Å². The summed E-state index contributed by atoms with van der Waals surface area (Å²) in [4.78, 5) is 13.4. The Morgan fingerprint density at radius 2 is 0.681 bits per heavy atom. The third kappa shape index (κ3) is 37.4. The van der Waals surface area contributed by atoms with Crippen molar-refractivity contribution < 1.29 is 89.4 Å². The molecule has 3 aliphatic rings. The van der Waals surface area contributed by atoms with E-state index in [9.17, 15) is 61.0 Å². The maximum atomic E-state index is 13.4. The van der Waals surface area contributed by atoms with Crippen molar-refractivity contribution >= 4 is 5.91 Å².